The van der Waals surface area contributed by atoms with Crippen molar-refractivity contribution in [1.29, 1.82) is 0 Å². The van der Waals surface area contributed by atoms with E-state index in [-0.39, 0.29) is 0 Å². The van der Waals surface area contributed by atoms with Crippen molar-refractivity contribution in [3.05, 3.63) is 29.8 Å². The number of piperidine rings is 1. The first-order valence-electron chi connectivity index (χ1n) is 7.99. The zero-order chi connectivity index (χ0) is 14.2. The van der Waals surface area contributed by atoms with Gasteiger partial charge in [0.15, 0.2) is 0 Å². The zero-order valence-corrected chi connectivity index (χ0v) is 12.6. The second-order valence-corrected chi connectivity index (χ2v) is 5.81. The number of anilines is 1. The van der Waals surface area contributed by atoms with Gasteiger partial charge in [0.25, 0.3) is 0 Å². The highest BCUT2D eigenvalue weighted by Crippen LogP contribution is 2.25. The Balaban J connectivity index is 1.88. The number of aliphatic hydroxyl groups is 1. The van der Waals surface area contributed by atoms with E-state index >= 15 is 0 Å². The van der Waals surface area contributed by atoms with Gasteiger partial charge in [0.2, 0.25) is 0 Å². The van der Waals surface area contributed by atoms with Gasteiger partial charge in [-0.2, -0.15) is 0 Å². The summed E-state index contributed by atoms with van der Waals surface area (Å²) in [5.41, 5.74) is 2.68. The summed E-state index contributed by atoms with van der Waals surface area (Å²) in [7, 11) is 0. The fourth-order valence-electron chi connectivity index (χ4n) is 2.95. The average molecular weight is 276 g/mol. The number of nitrogens with zero attached hydrogens (tertiary/aromatic N) is 1. The van der Waals surface area contributed by atoms with E-state index in [0.29, 0.717) is 12.5 Å². The molecule has 20 heavy (non-hydrogen) atoms. The Morgan fingerprint density at radius 2 is 2.10 bits per heavy atom. The third-order valence-corrected chi connectivity index (χ3v) is 4.11. The van der Waals surface area contributed by atoms with Gasteiger partial charge in [-0.1, -0.05) is 19.1 Å². The van der Waals surface area contributed by atoms with E-state index in [2.05, 4.69) is 41.4 Å². The monoisotopic (exact) mass is 276 g/mol. The van der Waals surface area contributed by atoms with Crippen LogP contribution < -0.4 is 10.2 Å². The van der Waals surface area contributed by atoms with Crippen molar-refractivity contribution in [2.24, 2.45) is 5.92 Å². The molecule has 0 radical (unpaired) electrons. The maximum atomic E-state index is 9.09. The second kappa shape index (κ2) is 8.28. The first kappa shape index (κ1) is 15.3. The van der Waals surface area contributed by atoms with Crippen LogP contribution in [0.1, 0.15) is 38.2 Å². The van der Waals surface area contributed by atoms with E-state index < -0.39 is 0 Å². The van der Waals surface area contributed by atoms with E-state index in [0.717, 1.165) is 32.6 Å². The van der Waals surface area contributed by atoms with Crippen LogP contribution in [0.2, 0.25) is 0 Å². The van der Waals surface area contributed by atoms with E-state index in [4.69, 9.17) is 5.11 Å². The van der Waals surface area contributed by atoms with E-state index in [1.165, 1.54) is 30.5 Å². The summed E-state index contributed by atoms with van der Waals surface area (Å²) in [5, 5.41) is 12.5. The molecular weight excluding hydrogens is 248 g/mol. The molecule has 0 amide bonds. The Bertz CT molecular complexity index is 375. The molecule has 3 nitrogen and oxygen atoms in total. The molecule has 1 unspecified atom stereocenters. The zero-order valence-electron chi connectivity index (χ0n) is 12.6. The van der Waals surface area contributed by atoms with Gasteiger partial charge in [0.05, 0.1) is 0 Å². The number of hydrogen-bond donors (Lipinski definition) is 2. The maximum Gasteiger partial charge on any atom is 0.0434 e. The van der Waals surface area contributed by atoms with Crippen LogP contribution >= 0.6 is 0 Å². The van der Waals surface area contributed by atoms with Gasteiger partial charge in [-0.25, -0.2) is 0 Å². The van der Waals surface area contributed by atoms with Crippen molar-refractivity contribution >= 4 is 5.69 Å². The lowest BCUT2D eigenvalue weighted by molar-refractivity contribution is 0.244. The summed E-state index contributed by atoms with van der Waals surface area (Å²) < 4.78 is 0. The van der Waals surface area contributed by atoms with Crippen LogP contribution in [0.3, 0.4) is 0 Å². The molecule has 1 heterocycles. The lowest BCUT2D eigenvalue weighted by Gasteiger charge is -2.34. The number of aliphatic hydroxyl groups excluding tert-OH is 1. The first-order valence-corrected chi connectivity index (χ1v) is 7.99. The lowest BCUT2D eigenvalue weighted by Crippen LogP contribution is -2.35. The van der Waals surface area contributed by atoms with Gasteiger partial charge in [-0.05, 0) is 55.8 Å². The molecule has 112 valence electrons. The minimum Gasteiger partial charge on any atom is -0.396 e. The normalized spacial score (nSPS) is 19.3. The molecule has 1 atom stereocenters. The van der Waals surface area contributed by atoms with Crippen LogP contribution in [0, 0.1) is 5.92 Å². The molecule has 1 aromatic rings. The smallest absolute Gasteiger partial charge is 0.0434 e. The summed E-state index contributed by atoms with van der Waals surface area (Å²) in [4.78, 5) is 2.47. The predicted molar refractivity (Wildman–Crippen MR) is 85.1 cm³/mol. The molecule has 3 heteroatoms. The molecule has 1 fully saturated rings. The van der Waals surface area contributed by atoms with Crippen molar-refractivity contribution in [2.45, 2.75) is 39.2 Å². The van der Waals surface area contributed by atoms with Gasteiger partial charge in [-0.15, -0.1) is 0 Å². The molecule has 0 spiro atoms. The molecule has 1 aromatic carbocycles. The molecule has 0 aromatic heterocycles. The van der Waals surface area contributed by atoms with Gasteiger partial charge < -0.3 is 15.3 Å². The molecule has 2 N–H and O–H groups in total. The standard InChI is InChI=1S/C17H28N2O/c1-2-10-18-13-15-5-7-17(8-6-15)19-11-3-4-16(14-19)9-12-20/h5-8,16,18,20H,2-4,9-14H2,1H3. The third-order valence-electron chi connectivity index (χ3n) is 4.11. The maximum absolute atomic E-state index is 9.09. The number of nitrogens with one attached hydrogen (secondary N) is 1. The number of hydrogen-bond acceptors (Lipinski definition) is 3. The Morgan fingerprint density at radius 3 is 2.80 bits per heavy atom. The average Bonchev–Trinajstić information content (AvgIpc) is 2.49. The fraction of sp³-hybridized carbons (Fsp3) is 0.647. The van der Waals surface area contributed by atoms with Gasteiger partial charge in [-0.3, -0.25) is 0 Å². The minimum absolute atomic E-state index is 0.320. The van der Waals surface area contributed by atoms with E-state index in [1.54, 1.807) is 0 Å². The molecule has 1 aliphatic heterocycles. The highest BCUT2D eigenvalue weighted by atomic mass is 16.3. The SMILES string of the molecule is CCCNCc1ccc(N2CCCC(CCO)C2)cc1. The van der Waals surface area contributed by atoms with Crippen molar-refractivity contribution in [3.63, 3.8) is 0 Å². The Labute approximate surface area is 123 Å². The number of benzene rings is 1. The summed E-state index contributed by atoms with van der Waals surface area (Å²) in [5.74, 6) is 0.652. The largest absolute Gasteiger partial charge is 0.396 e. The molecule has 1 saturated heterocycles. The fourth-order valence-corrected chi connectivity index (χ4v) is 2.95. The van der Waals surface area contributed by atoms with Crippen LogP contribution in [0.25, 0.3) is 0 Å². The van der Waals surface area contributed by atoms with Crippen molar-refractivity contribution in [2.75, 3.05) is 31.1 Å². The molecule has 0 saturated carbocycles. The van der Waals surface area contributed by atoms with Crippen molar-refractivity contribution < 1.29 is 5.11 Å². The molecular formula is C17H28N2O. The van der Waals surface area contributed by atoms with Crippen LogP contribution in [-0.2, 0) is 6.54 Å². The minimum atomic E-state index is 0.320. The third kappa shape index (κ3) is 4.50. The van der Waals surface area contributed by atoms with Crippen LogP contribution in [0.15, 0.2) is 24.3 Å². The number of rotatable bonds is 7. The predicted octanol–water partition coefficient (Wildman–Crippen LogP) is 2.79. The van der Waals surface area contributed by atoms with Crippen molar-refractivity contribution in [1.82, 2.24) is 5.32 Å². The van der Waals surface area contributed by atoms with Gasteiger partial charge in [0.1, 0.15) is 0 Å². The summed E-state index contributed by atoms with van der Waals surface area (Å²) in [6.45, 7) is 6.79. The topological polar surface area (TPSA) is 35.5 Å². The molecule has 2 rings (SSSR count). The summed E-state index contributed by atoms with van der Waals surface area (Å²) in [6, 6.07) is 8.94. The lowest BCUT2D eigenvalue weighted by atomic mass is 9.94. The summed E-state index contributed by atoms with van der Waals surface area (Å²) in [6.07, 6.45) is 4.62. The summed E-state index contributed by atoms with van der Waals surface area (Å²) >= 11 is 0. The van der Waals surface area contributed by atoms with Crippen LogP contribution in [0.5, 0.6) is 0 Å². The molecule has 0 bridgehead atoms. The first-order chi connectivity index (χ1) is 9.83. The van der Waals surface area contributed by atoms with E-state index in [1.807, 2.05) is 0 Å². The Kier molecular flexibility index (Phi) is 6.34. The molecule has 0 aliphatic carbocycles. The van der Waals surface area contributed by atoms with Gasteiger partial charge >= 0.3 is 0 Å². The van der Waals surface area contributed by atoms with Gasteiger partial charge in [0, 0.05) is 31.9 Å². The Hall–Kier alpha value is -1.06. The quantitative estimate of drug-likeness (QED) is 0.752. The van der Waals surface area contributed by atoms with Crippen LogP contribution in [-0.4, -0.2) is 31.3 Å². The van der Waals surface area contributed by atoms with E-state index in [9.17, 15) is 0 Å². The highest BCUT2D eigenvalue weighted by molar-refractivity contribution is 5.48. The highest BCUT2D eigenvalue weighted by Gasteiger charge is 2.19. The molecule has 1 aliphatic rings. The Morgan fingerprint density at radius 1 is 1.30 bits per heavy atom. The second-order valence-electron chi connectivity index (χ2n) is 5.81. The van der Waals surface area contributed by atoms with Crippen LogP contribution in [0.4, 0.5) is 5.69 Å². The van der Waals surface area contributed by atoms with Crippen molar-refractivity contribution in [3.8, 4) is 0 Å².